The van der Waals surface area contributed by atoms with Crippen LogP contribution in [0.3, 0.4) is 0 Å². The number of ether oxygens (including phenoxy) is 1. The number of aromatic nitrogens is 2. The number of hydrogen-bond donors (Lipinski definition) is 1. The summed E-state index contributed by atoms with van der Waals surface area (Å²) in [4.78, 5) is 7.71. The molecule has 0 aliphatic carbocycles. The summed E-state index contributed by atoms with van der Waals surface area (Å²) in [6.45, 7) is 8.52. The summed E-state index contributed by atoms with van der Waals surface area (Å²) in [6, 6.07) is 9.31. The van der Waals surface area contributed by atoms with E-state index in [-0.39, 0.29) is 0 Å². The topological polar surface area (TPSA) is 37.9 Å². The first-order valence-corrected chi connectivity index (χ1v) is 11.3. The standard InChI is InChI=1S/C15H21BrN2OSi/c1-20(2,3)9-8-19-11-14-10-17-15(18-14)12-4-6-13(16)7-5-12/h4-7,10H,8-9,11H2,1-3H3,(H,17,18). The lowest BCUT2D eigenvalue weighted by Gasteiger charge is -2.14. The van der Waals surface area contributed by atoms with Crippen molar-refractivity contribution in [1.82, 2.24) is 9.97 Å². The molecule has 0 fully saturated rings. The monoisotopic (exact) mass is 352 g/mol. The van der Waals surface area contributed by atoms with Crippen molar-refractivity contribution in [2.75, 3.05) is 6.61 Å². The highest BCUT2D eigenvalue weighted by Gasteiger charge is 2.12. The van der Waals surface area contributed by atoms with Gasteiger partial charge >= 0.3 is 0 Å². The lowest BCUT2D eigenvalue weighted by atomic mass is 10.2. The number of hydrogen-bond acceptors (Lipinski definition) is 2. The van der Waals surface area contributed by atoms with Crippen LogP contribution >= 0.6 is 15.9 Å². The molecule has 0 aliphatic rings. The molecule has 5 heteroatoms. The van der Waals surface area contributed by atoms with Crippen molar-refractivity contribution in [2.24, 2.45) is 0 Å². The van der Waals surface area contributed by atoms with E-state index in [2.05, 4.69) is 45.5 Å². The highest BCUT2D eigenvalue weighted by Crippen LogP contribution is 2.19. The third-order valence-corrected chi connectivity index (χ3v) is 5.23. The summed E-state index contributed by atoms with van der Waals surface area (Å²) in [5.41, 5.74) is 2.11. The molecular weight excluding hydrogens is 332 g/mol. The molecule has 0 bridgehead atoms. The van der Waals surface area contributed by atoms with Crippen molar-refractivity contribution >= 4 is 24.0 Å². The molecule has 0 saturated heterocycles. The van der Waals surface area contributed by atoms with Crippen LogP contribution in [0.25, 0.3) is 11.4 Å². The zero-order chi connectivity index (χ0) is 14.6. The summed E-state index contributed by atoms with van der Waals surface area (Å²) >= 11 is 3.43. The molecule has 2 rings (SSSR count). The van der Waals surface area contributed by atoms with E-state index in [0.717, 1.165) is 28.2 Å². The summed E-state index contributed by atoms with van der Waals surface area (Å²) in [7, 11) is -1.00. The Morgan fingerprint density at radius 3 is 2.55 bits per heavy atom. The average Bonchev–Trinajstić information content (AvgIpc) is 2.83. The largest absolute Gasteiger partial charge is 0.375 e. The van der Waals surface area contributed by atoms with Crippen LogP contribution < -0.4 is 0 Å². The minimum atomic E-state index is -1.00. The van der Waals surface area contributed by atoms with E-state index in [9.17, 15) is 0 Å². The fourth-order valence-electron chi connectivity index (χ4n) is 1.75. The average molecular weight is 353 g/mol. The van der Waals surface area contributed by atoms with E-state index in [1.807, 2.05) is 30.5 Å². The molecule has 0 atom stereocenters. The maximum absolute atomic E-state index is 5.72. The van der Waals surface area contributed by atoms with Crippen LogP contribution in [0.5, 0.6) is 0 Å². The summed E-state index contributed by atoms with van der Waals surface area (Å²) in [5.74, 6) is 0.890. The number of nitrogens with zero attached hydrogens (tertiary/aromatic N) is 1. The normalized spacial score (nSPS) is 11.8. The SMILES string of the molecule is C[Si](C)(C)CCOCc1cnc(-c2ccc(Br)cc2)[nH]1. The molecule has 1 heterocycles. The molecule has 0 spiro atoms. The Hall–Kier alpha value is -0.913. The van der Waals surface area contributed by atoms with Crippen molar-refractivity contribution in [3.8, 4) is 11.4 Å². The molecule has 20 heavy (non-hydrogen) atoms. The molecule has 0 saturated carbocycles. The lowest BCUT2D eigenvalue weighted by molar-refractivity contribution is 0.131. The molecule has 1 aromatic heterocycles. The van der Waals surface area contributed by atoms with Crippen LogP contribution in [0.15, 0.2) is 34.9 Å². The zero-order valence-electron chi connectivity index (χ0n) is 12.2. The number of nitrogens with one attached hydrogen (secondary N) is 1. The van der Waals surface area contributed by atoms with E-state index in [1.165, 1.54) is 6.04 Å². The number of imidazole rings is 1. The van der Waals surface area contributed by atoms with Gasteiger partial charge in [0.1, 0.15) is 5.82 Å². The highest BCUT2D eigenvalue weighted by atomic mass is 79.9. The van der Waals surface area contributed by atoms with Gasteiger partial charge in [-0.05, 0) is 18.2 Å². The van der Waals surface area contributed by atoms with Gasteiger partial charge in [-0.1, -0.05) is 47.7 Å². The van der Waals surface area contributed by atoms with Gasteiger partial charge in [-0.2, -0.15) is 0 Å². The maximum atomic E-state index is 5.72. The van der Waals surface area contributed by atoms with Gasteiger partial charge in [-0.25, -0.2) is 4.98 Å². The van der Waals surface area contributed by atoms with Crippen LogP contribution in [0, 0.1) is 0 Å². The molecule has 0 radical (unpaired) electrons. The van der Waals surface area contributed by atoms with E-state index in [4.69, 9.17) is 4.74 Å². The Morgan fingerprint density at radius 2 is 1.90 bits per heavy atom. The Morgan fingerprint density at radius 1 is 1.20 bits per heavy atom. The molecule has 3 nitrogen and oxygen atoms in total. The fraction of sp³-hybridized carbons (Fsp3) is 0.400. The Kier molecular flexibility index (Phi) is 5.18. The summed E-state index contributed by atoms with van der Waals surface area (Å²) < 4.78 is 6.79. The fourth-order valence-corrected chi connectivity index (χ4v) is 2.77. The molecule has 1 aromatic carbocycles. The maximum Gasteiger partial charge on any atom is 0.137 e. The lowest BCUT2D eigenvalue weighted by Crippen LogP contribution is -2.21. The first-order valence-electron chi connectivity index (χ1n) is 6.82. The number of aromatic amines is 1. The van der Waals surface area contributed by atoms with Crippen LogP contribution in [-0.4, -0.2) is 24.6 Å². The number of rotatable bonds is 6. The molecule has 0 aliphatic heterocycles. The number of H-pyrrole nitrogens is 1. The molecule has 0 unspecified atom stereocenters. The molecule has 0 amide bonds. The van der Waals surface area contributed by atoms with Gasteiger partial charge in [0, 0.05) is 24.7 Å². The van der Waals surface area contributed by atoms with Crippen LogP contribution in [0.2, 0.25) is 25.7 Å². The van der Waals surface area contributed by atoms with Gasteiger partial charge in [-0.15, -0.1) is 0 Å². The van der Waals surface area contributed by atoms with E-state index in [0.29, 0.717) is 6.61 Å². The quantitative estimate of drug-likeness (QED) is 0.604. The second-order valence-corrected chi connectivity index (χ2v) is 12.7. The van der Waals surface area contributed by atoms with Crippen LogP contribution in [-0.2, 0) is 11.3 Å². The van der Waals surface area contributed by atoms with Gasteiger partial charge < -0.3 is 9.72 Å². The number of benzene rings is 1. The van der Waals surface area contributed by atoms with Crippen molar-refractivity contribution in [1.29, 1.82) is 0 Å². The van der Waals surface area contributed by atoms with Crippen LogP contribution in [0.1, 0.15) is 5.69 Å². The van der Waals surface area contributed by atoms with Gasteiger partial charge in [0.25, 0.3) is 0 Å². The van der Waals surface area contributed by atoms with Gasteiger partial charge in [0.05, 0.1) is 18.5 Å². The van der Waals surface area contributed by atoms with E-state index >= 15 is 0 Å². The predicted molar refractivity (Wildman–Crippen MR) is 89.5 cm³/mol. The Labute approximate surface area is 129 Å². The highest BCUT2D eigenvalue weighted by molar-refractivity contribution is 9.10. The molecule has 2 aromatic rings. The molecule has 108 valence electrons. The number of halogens is 1. The summed E-state index contributed by atoms with van der Waals surface area (Å²) in [5, 5.41) is 0. The van der Waals surface area contributed by atoms with Gasteiger partial charge in [0.2, 0.25) is 0 Å². The minimum Gasteiger partial charge on any atom is -0.375 e. The summed E-state index contributed by atoms with van der Waals surface area (Å²) in [6.07, 6.45) is 1.85. The first-order chi connectivity index (χ1) is 9.44. The third kappa shape index (κ3) is 4.88. The third-order valence-electron chi connectivity index (χ3n) is 3.00. The van der Waals surface area contributed by atoms with Gasteiger partial charge in [-0.3, -0.25) is 0 Å². The Balaban J connectivity index is 1.88. The molecule has 1 N–H and O–H groups in total. The van der Waals surface area contributed by atoms with E-state index in [1.54, 1.807) is 0 Å². The minimum absolute atomic E-state index is 0.605. The zero-order valence-corrected chi connectivity index (χ0v) is 14.8. The van der Waals surface area contributed by atoms with Crippen LogP contribution in [0.4, 0.5) is 0 Å². The first kappa shape index (κ1) is 15.5. The second kappa shape index (κ2) is 6.69. The van der Waals surface area contributed by atoms with E-state index < -0.39 is 8.07 Å². The predicted octanol–water partition coefficient (Wildman–Crippen LogP) is 4.69. The smallest absolute Gasteiger partial charge is 0.137 e. The molecular formula is C15H21BrN2OSi. The van der Waals surface area contributed by atoms with Crippen molar-refractivity contribution in [3.05, 3.63) is 40.6 Å². The Bertz CT molecular complexity index is 546. The van der Waals surface area contributed by atoms with Gasteiger partial charge in [0.15, 0.2) is 0 Å². The van der Waals surface area contributed by atoms with Crippen molar-refractivity contribution in [2.45, 2.75) is 32.3 Å². The second-order valence-electron chi connectivity index (χ2n) is 6.13. The van der Waals surface area contributed by atoms with Crippen molar-refractivity contribution in [3.63, 3.8) is 0 Å². The van der Waals surface area contributed by atoms with Crippen molar-refractivity contribution < 1.29 is 4.74 Å².